The van der Waals surface area contributed by atoms with Crippen LogP contribution >= 0.6 is 0 Å². The number of aliphatic hydroxyl groups excluding tert-OH is 1. The van der Waals surface area contributed by atoms with E-state index in [-0.39, 0.29) is 42.3 Å². The molecule has 5 rings (SSSR count). The van der Waals surface area contributed by atoms with E-state index in [4.69, 9.17) is 0 Å². The molecule has 3 N–H and O–H groups in total. The fourth-order valence-corrected chi connectivity index (χ4v) is 5.99. The van der Waals surface area contributed by atoms with Gasteiger partial charge in [-0.1, -0.05) is 56.0 Å². The summed E-state index contributed by atoms with van der Waals surface area (Å²) in [5.74, 6) is -0.844. The molecular weight excluding hydrogens is 432 g/mol. The number of carbonyl (C=O) groups is 2. The van der Waals surface area contributed by atoms with Gasteiger partial charge in [-0.25, -0.2) is 5.43 Å². The number of rotatable bonds is 8. The first-order valence-electron chi connectivity index (χ1n) is 12.6. The van der Waals surface area contributed by atoms with Crippen LogP contribution in [0.2, 0.25) is 0 Å². The largest absolute Gasteiger partial charge is 0.481 e. The monoisotopic (exact) mass is 468 g/mol. The van der Waals surface area contributed by atoms with Crippen LogP contribution in [0.4, 0.5) is 0 Å². The van der Waals surface area contributed by atoms with E-state index in [0.29, 0.717) is 19.6 Å². The summed E-state index contributed by atoms with van der Waals surface area (Å²) < 4.78 is 0. The van der Waals surface area contributed by atoms with Crippen molar-refractivity contribution >= 4 is 11.9 Å². The molecule has 5 atom stereocenters. The second kappa shape index (κ2) is 9.32. The molecule has 8 heteroatoms. The molecule has 1 saturated carbocycles. The van der Waals surface area contributed by atoms with E-state index in [1.807, 2.05) is 4.90 Å². The van der Waals surface area contributed by atoms with Crippen molar-refractivity contribution in [2.75, 3.05) is 26.2 Å². The summed E-state index contributed by atoms with van der Waals surface area (Å²) in [6, 6.07) is 8.60. The molecule has 0 radical (unpaired) electrons. The van der Waals surface area contributed by atoms with Crippen molar-refractivity contribution in [3.05, 3.63) is 47.2 Å². The SMILES string of the molecule is CCCCCC1CN(CC(=O)N2CC3C(C2)C3C(=O)O)C(O)C2=CC(c3ccc(C)cc3)NN21. The van der Waals surface area contributed by atoms with Crippen molar-refractivity contribution in [3.8, 4) is 0 Å². The first kappa shape index (κ1) is 23.3. The standard InChI is InChI=1S/C26H36N4O4/c1-3-4-5-6-18-12-29(15-23(31)28-13-19-20(14-28)24(19)26(33)34)25(32)22-11-21(27-30(18)22)17-9-7-16(2)8-10-17/h7-11,18-21,24-25,27,32H,3-6,12-15H2,1-2H3,(H,33,34). The number of amides is 1. The van der Waals surface area contributed by atoms with Gasteiger partial charge in [0.15, 0.2) is 0 Å². The van der Waals surface area contributed by atoms with E-state index >= 15 is 0 Å². The topological polar surface area (TPSA) is 96.4 Å². The van der Waals surface area contributed by atoms with Gasteiger partial charge in [-0.2, -0.15) is 0 Å². The Morgan fingerprint density at radius 3 is 2.44 bits per heavy atom. The molecule has 0 bridgehead atoms. The Morgan fingerprint density at radius 2 is 1.79 bits per heavy atom. The zero-order valence-electron chi connectivity index (χ0n) is 20.1. The van der Waals surface area contributed by atoms with Crippen molar-refractivity contribution in [1.82, 2.24) is 20.2 Å². The van der Waals surface area contributed by atoms with E-state index in [1.165, 1.54) is 5.56 Å². The van der Waals surface area contributed by atoms with Crippen LogP contribution in [-0.4, -0.2) is 75.3 Å². The number of hydrogen-bond acceptors (Lipinski definition) is 6. The number of nitrogens with one attached hydrogen (secondary N) is 1. The minimum Gasteiger partial charge on any atom is -0.481 e. The maximum Gasteiger partial charge on any atom is 0.307 e. The third-order valence-corrected chi connectivity index (χ3v) is 8.06. The van der Waals surface area contributed by atoms with Crippen LogP contribution in [0.3, 0.4) is 0 Å². The van der Waals surface area contributed by atoms with Crippen LogP contribution in [0.25, 0.3) is 0 Å². The second-order valence-corrected chi connectivity index (χ2v) is 10.4. The summed E-state index contributed by atoms with van der Waals surface area (Å²) in [5, 5.41) is 22.6. The number of carbonyl (C=O) groups excluding carboxylic acids is 1. The number of aliphatic carboxylic acids is 1. The average molecular weight is 469 g/mol. The number of carboxylic acids is 1. The van der Waals surface area contributed by atoms with Crippen molar-refractivity contribution in [1.29, 1.82) is 0 Å². The van der Waals surface area contributed by atoms with Gasteiger partial charge in [-0.15, -0.1) is 0 Å². The summed E-state index contributed by atoms with van der Waals surface area (Å²) in [4.78, 5) is 28.0. The summed E-state index contributed by atoms with van der Waals surface area (Å²) in [6.07, 6.45) is 5.64. The van der Waals surface area contributed by atoms with Gasteiger partial charge in [-0.3, -0.25) is 14.5 Å². The third-order valence-electron chi connectivity index (χ3n) is 8.06. The Morgan fingerprint density at radius 1 is 1.09 bits per heavy atom. The van der Waals surface area contributed by atoms with E-state index in [1.54, 1.807) is 4.90 Å². The Kier molecular flexibility index (Phi) is 6.39. The molecule has 1 aromatic carbocycles. The van der Waals surface area contributed by atoms with Gasteiger partial charge >= 0.3 is 5.97 Å². The highest BCUT2D eigenvalue weighted by Gasteiger charge is 2.60. The van der Waals surface area contributed by atoms with Gasteiger partial charge in [0.2, 0.25) is 5.91 Å². The van der Waals surface area contributed by atoms with Gasteiger partial charge in [0.1, 0.15) is 6.23 Å². The average Bonchev–Trinajstić information content (AvgIpc) is 3.13. The molecule has 2 saturated heterocycles. The number of piperidine rings is 1. The number of nitrogens with zero attached hydrogens (tertiary/aromatic N) is 3. The number of benzene rings is 1. The van der Waals surface area contributed by atoms with Crippen LogP contribution in [-0.2, 0) is 9.59 Å². The highest BCUT2D eigenvalue weighted by atomic mass is 16.4. The second-order valence-electron chi connectivity index (χ2n) is 10.4. The first-order chi connectivity index (χ1) is 16.4. The van der Waals surface area contributed by atoms with Crippen molar-refractivity contribution in [3.63, 3.8) is 0 Å². The zero-order chi connectivity index (χ0) is 24.0. The molecule has 4 aliphatic rings. The van der Waals surface area contributed by atoms with Crippen LogP contribution in [0.5, 0.6) is 0 Å². The summed E-state index contributed by atoms with van der Waals surface area (Å²) in [7, 11) is 0. The number of piperazine rings is 1. The number of aliphatic hydroxyl groups is 1. The fourth-order valence-electron chi connectivity index (χ4n) is 5.99. The van der Waals surface area contributed by atoms with E-state index in [2.05, 4.69) is 54.6 Å². The van der Waals surface area contributed by atoms with Crippen LogP contribution in [0.1, 0.15) is 49.8 Å². The predicted octanol–water partition coefficient (Wildman–Crippen LogP) is 2.11. The lowest BCUT2D eigenvalue weighted by molar-refractivity contribution is -0.142. The maximum atomic E-state index is 13.1. The highest BCUT2D eigenvalue weighted by Crippen LogP contribution is 2.51. The Labute approximate surface area is 201 Å². The highest BCUT2D eigenvalue weighted by molar-refractivity contribution is 5.81. The smallest absolute Gasteiger partial charge is 0.307 e. The third kappa shape index (κ3) is 4.34. The molecule has 3 fully saturated rings. The molecule has 34 heavy (non-hydrogen) atoms. The summed E-state index contributed by atoms with van der Waals surface area (Å²) >= 11 is 0. The minimum absolute atomic E-state index is 0.00627. The predicted molar refractivity (Wildman–Crippen MR) is 127 cm³/mol. The lowest BCUT2D eigenvalue weighted by Crippen LogP contribution is -2.60. The van der Waals surface area contributed by atoms with E-state index in [9.17, 15) is 19.8 Å². The van der Waals surface area contributed by atoms with Crippen molar-refractivity contribution in [2.45, 2.75) is 57.8 Å². The molecule has 1 amide bonds. The molecule has 3 heterocycles. The number of aryl methyl sites for hydroxylation is 1. The fraction of sp³-hybridized carbons (Fsp3) is 0.615. The van der Waals surface area contributed by atoms with Crippen LogP contribution < -0.4 is 5.43 Å². The van der Waals surface area contributed by atoms with Gasteiger partial charge in [0.05, 0.1) is 30.2 Å². The lowest BCUT2D eigenvalue weighted by Gasteiger charge is -2.45. The summed E-state index contributed by atoms with van der Waals surface area (Å²) in [5.41, 5.74) is 6.78. The number of fused-ring (bicyclic) bond motifs is 2. The summed E-state index contributed by atoms with van der Waals surface area (Å²) in [6.45, 7) is 6.08. The van der Waals surface area contributed by atoms with Gasteiger partial charge in [0.25, 0.3) is 0 Å². The van der Waals surface area contributed by atoms with Crippen LogP contribution in [0.15, 0.2) is 36.0 Å². The van der Waals surface area contributed by atoms with E-state index < -0.39 is 12.2 Å². The Balaban J connectivity index is 1.28. The zero-order valence-corrected chi connectivity index (χ0v) is 20.1. The number of likely N-dealkylation sites (tertiary alicyclic amines) is 1. The quantitative estimate of drug-likeness (QED) is 0.503. The molecular formula is C26H36N4O4. The number of hydrogen-bond donors (Lipinski definition) is 3. The molecule has 0 spiro atoms. The number of unbranched alkanes of at least 4 members (excludes halogenated alkanes) is 2. The molecule has 5 unspecified atom stereocenters. The minimum atomic E-state index is -0.849. The van der Waals surface area contributed by atoms with Gasteiger partial charge in [-0.05, 0) is 36.8 Å². The molecule has 184 valence electrons. The van der Waals surface area contributed by atoms with Crippen LogP contribution in [0, 0.1) is 24.7 Å². The Bertz CT molecular complexity index is 952. The molecule has 0 aromatic heterocycles. The van der Waals surface area contributed by atoms with E-state index in [0.717, 1.165) is 36.9 Å². The first-order valence-corrected chi connectivity index (χ1v) is 12.6. The van der Waals surface area contributed by atoms with Crippen molar-refractivity contribution < 1.29 is 19.8 Å². The maximum absolute atomic E-state index is 13.1. The van der Waals surface area contributed by atoms with Gasteiger partial charge < -0.3 is 20.1 Å². The van der Waals surface area contributed by atoms with Gasteiger partial charge in [0, 0.05) is 19.6 Å². The molecule has 3 aliphatic heterocycles. The number of carboxylic acid groups (broad SMARTS) is 1. The molecule has 1 aromatic rings. The normalized spacial score (nSPS) is 32.4. The van der Waals surface area contributed by atoms with Crippen molar-refractivity contribution in [2.24, 2.45) is 17.8 Å². The Hall–Kier alpha value is -2.42. The number of hydrazine groups is 1. The molecule has 1 aliphatic carbocycles. The lowest BCUT2D eigenvalue weighted by atomic mass is 10.0. The molecule has 8 nitrogen and oxygen atoms in total.